The lowest BCUT2D eigenvalue weighted by Gasteiger charge is -2.18. The molecular formula is C22H25N3O4. The molecule has 0 aliphatic heterocycles. The fourth-order valence-electron chi connectivity index (χ4n) is 2.80. The number of benzene rings is 2. The van der Waals surface area contributed by atoms with E-state index in [1.165, 1.54) is 0 Å². The van der Waals surface area contributed by atoms with Crippen molar-refractivity contribution in [3.8, 4) is 22.9 Å². The van der Waals surface area contributed by atoms with Gasteiger partial charge in [-0.15, -0.1) is 0 Å². The molecular weight excluding hydrogens is 370 g/mol. The summed E-state index contributed by atoms with van der Waals surface area (Å²) in [5.74, 6) is 2.28. The highest BCUT2D eigenvalue weighted by molar-refractivity contribution is 5.80. The first kappa shape index (κ1) is 20.4. The van der Waals surface area contributed by atoms with E-state index in [9.17, 15) is 4.79 Å². The molecule has 0 aliphatic carbocycles. The minimum absolute atomic E-state index is 0.127. The van der Waals surface area contributed by atoms with Crippen molar-refractivity contribution in [3.63, 3.8) is 0 Å². The van der Waals surface area contributed by atoms with Gasteiger partial charge in [-0.3, -0.25) is 4.79 Å². The first-order valence-electron chi connectivity index (χ1n) is 9.48. The molecule has 0 bridgehead atoms. The van der Waals surface area contributed by atoms with E-state index < -0.39 is 6.10 Å². The maximum absolute atomic E-state index is 12.4. The van der Waals surface area contributed by atoms with Crippen LogP contribution in [0.25, 0.3) is 11.4 Å². The summed E-state index contributed by atoms with van der Waals surface area (Å²) < 4.78 is 16.2. The molecule has 0 unspecified atom stereocenters. The number of para-hydroxylation sites is 1. The summed E-state index contributed by atoms with van der Waals surface area (Å²) in [6.07, 6.45) is -0.654. The number of hydrogen-bond donors (Lipinski definition) is 1. The maximum atomic E-state index is 12.4. The molecule has 0 radical (unpaired) electrons. The average molecular weight is 395 g/mol. The van der Waals surface area contributed by atoms with E-state index in [1.54, 1.807) is 14.0 Å². The monoisotopic (exact) mass is 395 g/mol. The Morgan fingerprint density at radius 2 is 1.83 bits per heavy atom. The number of aromatic nitrogens is 2. The zero-order valence-electron chi connectivity index (χ0n) is 17.0. The van der Waals surface area contributed by atoms with Gasteiger partial charge in [0, 0.05) is 5.56 Å². The lowest BCUT2D eigenvalue weighted by molar-refractivity contribution is -0.127. The molecule has 29 heavy (non-hydrogen) atoms. The van der Waals surface area contributed by atoms with Gasteiger partial charge in [0.15, 0.2) is 6.10 Å². The van der Waals surface area contributed by atoms with E-state index in [4.69, 9.17) is 14.0 Å². The molecule has 1 N–H and O–H groups in total. The minimum atomic E-state index is -0.654. The van der Waals surface area contributed by atoms with Crippen molar-refractivity contribution < 1.29 is 18.8 Å². The predicted molar refractivity (Wildman–Crippen MR) is 109 cm³/mol. The Morgan fingerprint density at radius 1 is 1.10 bits per heavy atom. The summed E-state index contributed by atoms with van der Waals surface area (Å²) >= 11 is 0. The maximum Gasteiger partial charge on any atom is 0.261 e. The van der Waals surface area contributed by atoms with Crippen LogP contribution in [0.1, 0.15) is 38.1 Å². The second-order valence-corrected chi connectivity index (χ2v) is 6.91. The number of amides is 1. The van der Waals surface area contributed by atoms with E-state index >= 15 is 0 Å². The molecule has 0 spiro atoms. The number of hydrogen-bond acceptors (Lipinski definition) is 6. The SMILES string of the molecule is COc1ccc(-c2noc(CNC(=O)[C@H](C)Oc3ccccc3C(C)C)n2)cc1. The molecule has 2 aromatic carbocycles. The van der Waals surface area contributed by atoms with E-state index in [0.29, 0.717) is 23.4 Å². The molecule has 1 heterocycles. The predicted octanol–water partition coefficient (Wildman–Crippen LogP) is 3.95. The van der Waals surface area contributed by atoms with Crippen LogP contribution in [0.5, 0.6) is 11.5 Å². The Hall–Kier alpha value is -3.35. The van der Waals surface area contributed by atoms with E-state index in [1.807, 2.05) is 48.5 Å². The molecule has 1 amide bonds. The van der Waals surface area contributed by atoms with Crippen LogP contribution in [0, 0.1) is 0 Å². The Labute approximate surface area is 170 Å². The standard InChI is InChI=1S/C22H25N3O4/c1-14(2)18-7-5-6-8-19(18)28-15(3)22(26)23-13-20-24-21(25-29-20)16-9-11-17(27-4)12-10-16/h5-12,14-15H,13H2,1-4H3,(H,23,26)/t15-/m0/s1. The van der Waals surface area contributed by atoms with Crippen LogP contribution in [0.4, 0.5) is 0 Å². The van der Waals surface area contributed by atoms with Crippen molar-refractivity contribution >= 4 is 5.91 Å². The van der Waals surface area contributed by atoms with Crippen molar-refractivity contribution in [2.45, 2.75) is 39.3 Å². The second kappa shape index (κ2) is 9.23. The van der Waals surface area contributed by atoms with Gasteiger partial charge in [-0.1, -0.05) is 37.2 Å². The van der Waals surface area contributed by atoms with Crippen LogP contribution in [-0.4, -0.2) is 29.3 Å². The highest BCUT2D eigenvalue weighted by Gasteiger charge is 2.18. The number of methoxy groups -OCH3 is 1. The molecule has 3 aromatic rings. The number of nitrogens with zero attached hydrogens (tertiary/aromatic N) is 2. The number of carbonyl (C=O) groups excluding carboxylic acids is 1. The second-order valence-electron chi connectivity index (χ2n) is 6.91. The molecule has 152 valence electrons. The van der Waals surface area contributed by atoms with Crippen molar-refractivity contribution in [2.24, 2.45) is 0 Å². The third-order valence-electron chi connectivity index (χ3n) is 4.44. The molecule has 0 fully saturated rings. The van der Waals surface area contributed by atoms with Gasteiger partial charge >= 0.3 is 0 Å². The quantitative estimate of drug-likeness (QED) is 0.621. The lowest BCUT2D eigenvalue weighted by atomic mass is 10.0. The normalized spacial score (nSPS) is 11.9. The summed E-state index contributed by atoms with van der Waals surface area (Å²) in [6.45, 7) is 6.01. The summed E-state index contributed by atoms with van der Waals surface area (Å²) in [7, 11) is 1.61. The summed E-state index contributed by atoms with van der Waals surface area (Å²) in [4.78, 5) is 16.7. The van der Waals surface area contributed by atoms with Gasteiger partial charge in [-0.05, 0) is 48.7 Å². The molecule has 3 rings (SSSR count). The van der Waals surface area contributed by atoms with Gasteiger partial charge < -0.3 is 19.3 Å². The van der Waals surface area contributed by atoms with Crippen LogP contribution < -0.4 is 14.8 Å². The largest absolute Gasteiger partial charge is 0.497 e. The number of carbonyl (C=O) groups is 1. The van der Waals surface area contributed by atoms with Crippen LogP contribution >= 0.6 is 0 Å². The Balaban J connectivity index is 1.57. The fraction of sp³-hybridized carbons (Fsp3) is 0.318. The van der Waals surface area contributed by atoms with Gasteiger partial charge in [0.25, 0.3) is 5.91 Å². The van der Waals surface area contributed by atoms with Crippen molar-refractivity contribution in [1.29, 1.82) is 0 Å². The Kier molecular flexibility index (Phi) is 6.49. The zero-order chi connectivity index (χ0) is 20.8. The van der Waals surface area contributed by atoms with Crippen LogP contribution in [0.3, 0.4) is 0 Å². The highest BCUT2D eigenvalue weighted by Crippen LogP contribution is 2.26. The molecule has 7 heteroatoms. The van der Waals surface area contributed by atoms with Gasteiger partial charge in [0.1, 0.15) is 11.5 Å². The van der Waals surface area contributed by atoms with Crippen molar-refractivity contribution in [1.82, 2.24) is 15.5 Å². The van der Waals surface area contributed by atoms with Crippen molar-refractivity contribution in [3.05, 3.63) is 60.0 Å². The Bertz CT molecular complexity index is 951. The zero-order valence-corrected chi connectivity index (χ0v) is 17.0. The number of rotatable bonds is 8. The molecule has 1 atom stereocenters. The van der Waals surface area contributed by atoms with Gasteiger partial charge in [-0.25, -0.2) is 0 Å². The van der Waals surface area contributed by atoms with Gasteiger partial charge in [0.05, 0.1) is 13.7 Å². The average Bonchev–Trinajstić information content (AvgIpc) is 3.21. The molecule has 0 saturated heterocycles. The number of ether oxygens (including phenoxy) is 2. The van der Waals surface area contributed by atoms with E-state index in [-0.39, 0.29) is 12.5 Å². The molecule has 0 saturated carbocycles. The van der Waals surface area contributed by atoms with Crippen molar-refractivity contribution in [2.75, 3.05) is 7.11 Å². The van der Waals surface area contributed by atoms with Gasteiger partial charge in [0.2, 0.25) is 11.7 Å². The van der Waals surface area contributed by atoms with Gasteiger partial charge in [-0.2, -0.15) is 4.98 Å². The summed E-state index contributed by atoms with van der Waals surface area (Å²) in [5.41, 5.74) is 1.86. The minimum Gasteiger partial charge on any atom is -0.497 e. The lowest BCUT2D eigenvalue weighted by Crippen LogP contribution is -2.36. The fourth-order valence-corrected chi connectivity index (χ4v) is 2.80. The first-order chi connectivity index (χ1) is 14.0. The van der Waals surface area contributed by atoms with E-state index in [2.05, 4.69) is 29.3 Å². The van der Waals surface area contributed by atoms with Crippen LogP contribution in [0.15, 0.2) is 53.1 Å². The van der Waals surface area contributed by atoms with Crippen LogP contribution in [0.2, 0.25) is 0 Å². The highest BCUT2D eigenvalue weighted by atomic mass is 16.5. The molecule has 1 aromatic heterocycles. The Morgan fingerprint density at radius 3 is 2.52 bits per heavy atom. The summed E-state index contributed by atoms with van der Waals surface area (Å²) in [5, 5.41) is 6.72. The smallest absolute Gasteiger partial charge is 0.261 e. The van der Waals surface area contributed by atoms with Crippen LogP contribution in [-0.2, 0) is 11.3 Å². The topological polar surface area (TPSA) is 86.5 Å². The third-order valence-corrected chi connectivity index (χ3v) is 4.44. The molecule has 7 nitrogen and oxygen atoms in total. The van der Waals surface area contributed by atoms with E-state index in [0.717, 1.165) is 16.9 Å². The molecule has 0 aliphatic rings. The summed E-state index contributed by atoms with van der Waals surface area (Å²) in [6, 6.07) is 15.1. The first-order valence-corrected chi connectivity index (χ1v) is 9.48. The third kappa shape index (κ3) is 5.13. The number of nitrogens with one attached hydrogen (secondary N) is 1.